The summed E-state index contributed by atoms with van der Waals surface area (Å²) in [5.74, 6) is -0.124. The summed E-state index contributed by atoms with van der Waals surface area (Å²) in [6.07, 6.45) is 0. The normalized spacial score (nSPS) is 11.1. The molecular formula is C14H16N6. The SMILES string of the molecule is NC(N)=N/N=C(/c1ccccc1)c1cc(N)ccc1N. The van der Waals surface area contributed by atoms with Crippen LogP contribution in [0.5, 0.6) is 0 Å². The Bertz CT molecular complexity index is 657. The largest absolute Gasteiger partial charge is 0.399 e. The van der Waals surface area contributed by atoms with Crippen LogP contribution in [0.15, 0.2) is 58.7 Å². The monoisotopic (exact) mass is 268 g/mol. The van der Waals surface area contributed by atoms with E-state index in [1.54, 1.807) is 18.2 Å². The predicted molar refractivity (Wildman–Crippen MR) is 83.2 cm³/mol. The second kappa shape index (κ2) is 5.75. The van der Waals surface area contributed by atoms with E-state index in [0.717, 1.165) is 5.56 Å². The van der Waals surface area contributed by atoms with Crippen LogP contribution in [-0.4, -0.2) is 11.7 Å². The highest BCUT2D eigenvalue weighted by Gasteiger charge is 2.11. The lowest BCUT2D eigenvalue weighted by Crippen LogP contribution is -2.22. The average Bonchev–Trinajstić information content (AvgIpc) is 2.43. The summed E-state index contributed by atoms with van der Waals surface area (Å²) in [5.41, 5.74) is 25.7. The molecular weight excluding hydrogens is 252 g/mol. The first-order valence-corrected chi connectivity index (χ1v) is 5.95. The molecule has 0 saturated carbocycles. The first-order valence-electron chi connectivity index (χ1n) is 5.95. The van der Waals surface area contributed by atoms with Gasteiger partial charge in [-0.15, -0.1) is 10.2 Å². The van der Waals surface area contributed by atoms with Crippen molar-refractivity contribution in [3.05, 3.63) is 59.7 Å². The van der Waals surface area contributed by atoms with Crippen molar-refractivity contribution in [2.45, 2.75) is 0 Å². The zero-order valence-corrected chi connectivity index (χ0v) is 10.8. The lowest BCUT2D eigenvalue weighted by Gasteiger charge is -2.09. The zero-order chi connectivity index (χ0) is 14.5. The Balaban J connectivity index is 2.61. The lowest BCUT2D eigenvalue weighted by atomic mass is 10.0. The van der Waals surface area contributed by atoms with Gasteiger partial charge in [0.25, 0.3) is 0 Å². The van der Waals surface area contributed by atoms with E-state index in [0.29, 0.717) is 22.6 Å². The van der Waals surface area contributed by atoms with E-state index in [-0.39, 0.29) is 5.96 Å². The second-order valence-electron chi connectivity index (χ2n) is 4.19. The van der Waals surface area contributed by atoms with Crippen molar-refractivity contribution >= 4 is 23.0 Å². The highest BCUT2D eigenvalue weighted by atomic mass is 15.3. The van der Waals surface area contributed by atoms with Crippen LogP contribution in [0.3, 0.4) is 0 Å². The van der Waals surface area contributed by atoms with Gasteiger partial charge in [0.2, 0.25) is 5.96 Å². The van der Waals surface area contributed by atoms with Crippen LogP contribution in [-0.2, 0) is 0 Å². The fourth-order valence-electron chi connectivity index (χ4n) is 1.75. The fourth-order valence-corrected chi connectivity index (χ4v) is 1.75. The van der Waals surface area contributed by atoms with Crippen molar-refractivity contribution in [2.75, 3.05) is 11.5 Å². The van der Waals surface area contributed by atoms with Crippen molar-refractivity contribution in [2.24, 2.45) is 21.7 Å². The molecule has 0 radical (unpaired) electrons. The maximum Gasteiger partial charge on any atom is 0.211 e. The predicted octanol–water partition coefficient (Wildman–Crippen LogP) is 0.877. The van der Waals surface area contributed by atoms with Gasteiger partial charge < -0.3 is 22.9 Å². The number of hydrogen-bond acceptors (Lipinski definition) is 4. The summed E-state index contributed by atoms with van der Waals surface area (Å²) in [7, 11) is 0. The molecule has 0 aliphatic rings. The summed E-state index contributed by atoms with van der Waals surface area (Å²) in [6, 6.07) is 14.7. The van der Waals surface area contributed by atoms with Gasteiger partial charge in [0.1, 0.15) is 5.71 Å². The molecule has 102 valence electrons. The molecule has 8 N–H and O–H groups in total. The number of nitrogen functional groups attached to an aromatic ring is 2. The molecule has 20 heavy (non-hydrogen) atoms. The number of nitrogens with two attached hydrogens (primary N) is 4. The average molecular weight is 268 g/mol. The van der Waals surface area contributed by atoms with E-state index in [1.807, 2.05) is 30.3 Å². The van der Waals surface area contributed by atoms with Crippen LogP contribution in [0.2, 0.25) is 0 Å². The van der Waals surface area contributed by atoms with Crippen LogP contribution in [0.25, 0.3) is 0 Å². The van der Waals surface area contributed by atoms with Gasteiger partial charge in [-0.05, 0) is 18.2 Å². The van der Waals surface area contributed by atoms with Crippen molar-refractivity contribution in [1.82, 2.24) is 0 Å². The number of guanidine groups is 1. The van der Waals surface area contributed by atoms with E-state index in [9.17, 15) is 0 Å². The molecule has 0 bridgehead atoms. The molecule has 0 aliphatic heterocycles. The maximum atomic E-state index is 5.99. The molecule has 2 aromatic rings. The van der Waals surface area contributed by atoms with Crippen molar-refractivity contribution in [3.63, 3.8) is 0 Å². The first kappa shape index (κ1) is 13.4. The molecule has 0 unspecified atom stereocenters. The Morgan fingerprint density at radius 1 is 0.850 bits per heavy atom. The Morgan fingerprint density at radius 3 is 2.20 bits per heavy atom. The minimum atomic E-state index is -0.124. The highest BCUT2D eigenvalue weighted by molar-refractivity contribution is 6.16. The van der Waals surface area contributed by atoms with Gasteiger partial charge in [-0.2, -0.15) is 0 Å². The molecule has 0 aromatic heterocycles. The van der Waals surface area contributed by atoms with Crippen molar-refractivity contribution < 1.29 is 0 Å². The van der Waals surface area contributed by atoms with E-state index in [4.69, 9.17) is 22.9 Å². The topological polar surface area (TPSA) is 129 Å². The summed E-state index contributed by atoms with van der Waals surface area (Å²) in [5, 5.41) is 7.80. The molecule has 0 atom stereocenters. The molecule has 2 aromatic carbocycles. The summed E-state index contributed by atoms with van der Waals surface area (Å²) in [6.45, 7) is 0. The molecule has 0 fully saturated rings. The van der Waals surface area contributed by atoms with Crippen LogP contribution in [0.1, 0.15) is 11.1 Å². The van der Waals surface area contributed by atoms with Gasteiger partial charge in [-0.1, -0.05) is 30.3 Å². The Morgan fingerprint density at radius 2 is 1.55 bits per heavy atom. The number of hydrogen-bond donors (Lipinski definition) is 4. The fraction of sp³-hybridized carbons (Fsp3) is 0. The summed E-state index contributed by atoms with van der Waals surface area (Å²) < 4.78 is 0. The zero-order valence-electron chi connectivity index (χ0n) is 10.8. The summed E-state index contributed by atoms with van der Waals surface area (Å²) >= 11 is 0. The van der Waals surface area contributed by atoms with Crippen LogP contribution in [0.4, 0.5) is 11.4 Å². The van der Waals surface area contributed by atoms with Gasteiger partial charge in [0.05, 0.1) is 0 Å². The smallest absolute Gasteiger partial charge is 0.211 e. The van der Waals surface area contributed by atoms with E-state index < -0.39 is 0 Å². The minimum absolute atomic E-state index is 0.124. The summed E-state index contributed by atoms with van der Waals surface area (Å²) in [4.78, 5) is 0. The number of anilines is 2. The molecule has 0 spiro atoms. The third-order valence-electron chi connectivity index (χ3n) is 2.65. The number of benzene rings is 2. The van der Waals surface area contributed by atoms with Crippen LogP contribution in [0, 0.1) is 0 Å². The molecule has 0 heterocycles. The highest BCUT2D eigenvalue weighted by Crippen LogP contribution is 2.20. The quantitative estimate of drug-likeness (QED) is 0.285. The third-order valence-corrected chi connectivity index (χ3v) is 2.65. The van der Waals surface area contributed by atoms with E-state index >= 15 is 0 Å². The van der Waals surface area contributed by atoms with Crippen LogP contribution < -0.4 is 22.9 Å². The Hall–Kier alpha value is -3.02. The van der Waals surface area contributed by atoms with E-state index in [2.05, 4.69) is 10.2 Å². The molecule has 0 aliphatic carbocycles. The Kier molecular flexibility index (Phi) is 3.85. The number of rotatable bonds is 3. The lowest BCUT2D eigenvalue weighted by molar-refractivity contribution is 1.20. The standard InChI is InChI=1S/C14H16N6/c15-10-6-7-12(16)11(8-10)13(19-20-14(17)18)9-4-2-1-3-5-9/h1-8H,15-16H2,(H4,17,18,20)/b19-13-. The van der Waals surface area contributed by atoms with Gasteiger partial charge in [0, 0.05) is 22.5 Å². The number of nitrogens with zero attached hydrogens (tertiary/aromatic N) is 2. The van der Waals surface area contributed by atoms with E-state index in [1.165, 1.54) is 0 Å². The molecule has 6 heteroatoms. The second-order valence-corrected chi connectivity index (χ2v) is 4.19. The van der Waals surface area contributed by atoms with Gasteiger partial charge in [-0.25, -0.2) is 0 Å². The molecule has 0 saturated heterocycles. The minimum Gasteiger partial charge on any atom is -0.399 e. The van der Waals surface area contributed by atoms with Gasteiger partial charge in [0.15, 0.2) is 0 Å². The van der Waals surface area contributed by atoms with Gasteiger partial charge >= 0.3 is 0 Å². The molecule has 6 nitrogen and oxygen atoms in total. The first-order chi connectivity index (χ1) is 9.58. The van der Waals surface area contributed by atoms with Crippen LogP contribution >= 0.6 is 0 Å². The molecule has 0 amide bonds. The van der Waals surface area contributed by atoms with Gasteiger partial charge in [-0.3, -0.25) is 0 Å². The Labute approximate surface area is 116 Å². The van der Waals surface area contributed by atoms with Crippen molar-refractivity contribution in [3.8, 4) is 0 Å². The molecule has 2 rings (SSSR count). The third kappa shape index (κ3) is 3.05. The maximum absolute atomic E-state index is 5.99. The van der Waals surface area contributed by atoms with Crippen molar-refractivity contribution in [1.29, 1.82) is 0 Å².